The summed E-state index contributed by atoms with van der Waals surface area (Å²) in [5.41, 5.74) is 4.93. The topological polar surface area (TPSA) is 311 Å². The molecule has 8 atom stereocenters. The van der Waals surface area contributed by atoms with Gasteiger partial charge in [0.05, 0.1) is 44.9 Å². The third-order valence-corrected chi connectivity index (χ3v) is 17.1. The molecule has 0 aromatic carbocycles. The Bertz CT molecular complexity index is 3010. The van der Waals surface area contributed by atoms with Crippen LogP contribution in [0.15, 0.2) is 111 Å². The monoisotopic (exact) mass is 1440 g/mol. The summed E-state index contributed by atoms with van der Waals surface area (Å²) < 4.78 is 12.0. The van der Waals surface area contributed by atoms with E-state index in [0.29, 0.717) is 32.4 Å². The van der Waals surface area contributed by atoms with Gasteiger partial charge in [-0.15, -0.1) is 0 Å². The Balaban J connectivity index is 3.88. The lowest BCUT2D eigenvalue weighted by atomic mass is 9.99. The second-order valence-electron chi connectivity index (χ2n) is 28.3. The Morgan fingerprint density at radius 3 is 1.32 bits per heavy atom. The number of amides is 12. The van der Waals surface area contributed by atoms with Gasteiger partial charge in [-0.05, 0) is 96.3 Å². The number of hydrogen-bond acceptors (Lipinski definition) is 14. The number of carbonyl (C=O) groups excluding carboxylic acids is 12. The van der Waals surface area contributed by atoms with E-state index < -0.39 is 132 Å². The second-order valence-corrected chi connectivity index (χ2v) is 28.3. The second kappa shape index (κ2) is 48.2. The first-order chi connectivity index (χ1) is 48.4. The maximum absolute atomic E-state index is 15.2. The molecule has 0 radical (unpaired) electrons. The van der Waals surface area contributed by atoms with Crippen LogP contribution in [0.1, 0.15) is 140 Å². The predicted molar refractivity (Wildman–Crippen MR) is 403 cm³/mol. The number of nitrogens with two attached hydrogens (primary N) is 1. The van der Waals surface area contributed by atoms with Crippen molar-refractivity contribution in [2.45, 2.75) is 194 Å². The molecule has 1 heterocycles. The largest absolute Gasteiger partial charge is 0.375 e. The first-order valence-corrected chi connectivity index (χ1v) is 35.7. The van der Waals surface area contributed by atoms with Gasteiger partial charge < -0.3 is 70.4 Å². The number of carbonyl (C=O) groups is 12. The van der Waals surface area contributed by atoms with Crippen molar-refractivity contribution in [1.29, 1.82) is 0 Å². The van der Waals surface area contributed by atoms with Gasteiger partial charge in [0.25, 0.3) is 0 Å². The zero-order chi connectivity index (χ0) is 78.3. The summed E-state index contributed by atoms with van der Waals surface area (Å²) in [6.45, 7) is 28.3. The Hall–Kier alpha value is -8.78. The third-order valence-electron chi connectivity index (χ3n) is 17.1. The van der Waals surface area contributed by atoms with Crippen LogP contribution in [-0.4, -0.2) is 259 Å². The van der Waals surface area contributed by atoms with Gasteiger partial charge in [0.2, 0.25) is 70.9 Å². The first kappa shape index (κ1) is 92.2. The molecule has 1 fully saturated rings. The molecule has 26 nitrogen and oxygen atoms in total. The van der Waals surface area contributed by atoms with Crippen LogP contribution < -0.4 is 21.7 Å². The van der Waals surface area contributed by atoms with Gasteiger partial charge in [-0.25, -0.2) is 0 Å². The van der Waals surface area contributed by atoms with E-state index in [9.17, 15) is 47.9 Å². The van der Waals surface area contributed by atoms with Gasteiger partial charge >= 0.3 is 0 Å². The van der Waals surface area contributed by atoms with Crippen LogP contribution in [0.25, 0.3) is 0 Å². The van der Waals surface area contributed by atoms with Crippen molar-refractivity contribution < 1.29 is 67.0 Å². The molecule has 0 aromatic rings. The summed E-state index contributed by atoms with van der Waals surface area (Å²) in [6, 6.07) is -10.3. The highest BCUT2D eigenvalue weighted by Gasteiger charge is 2.41. The van der Waals surface area contributed by atoms with Crippen molar-refractivity contribution in [1.82, 2.24) is 55.1 Å². The van der Waals surface area contributed by atoms with E-state index in [4.69, 9.17) is 15.2 Å². The molecule has 103 heavy (non-hydrogen) atoms. The normalized spacial score (nSPS) is 15.2. The summed E-state index contributed by atoms with van der Waals surface area (Å²) in [4.78, 5) is 182. The molecule has 576 valence electrons. The minimum absolute atomic E-state index is 0.0309. The highest BCUT2D eigenvalue weighted by atomic mass is 16.5. The van der Waals surface area contributed by atoms with Crippen LogP contribution in [0.4, 0.5) is 0 Å². The number of likely N-dealkylation sites (tertiary alicyclic amines) is 1. The molecule has 0 aromatic heterocycles. The number of nitrogens with zero attached hydrogens (tertiary/aromatic N) is 8. The van der Waals surface area contributed by atoms with Crippen molar-refractivity contribution in [3.05, 3.63) is 111 Å². The standard InChI is InChI=1S/C77H124N12O14/c1-21-25-28-31-35-41-60(70(95)80-58(52-102-45-39-33-30-27-23-3)73(98)86(18)62(69(78)94)46-54(5)6)84(16)67(92)51-83(15)66(91)49-57(75(100)89-43-37-34-38-44-89)79-71(96)63(47-55(7)8)87(19)74(99)59(53-103-77(11,12)13)81-72(97)64(48-56(9)10)88(20)76(101)61(42-36-32-29-26-22-2)85(17)68(93)50-82(14)65(90)40-24-4/h21-23,25-33,35-36,39,54-64H,1-3,24,34,37-38,40-53H2,4-20H3,(H2,78,94)(H,79,96)(H,80,95)(H,81,97)/b28-25-,29-26-,30-27-,35-31+,36-32+,39-33+/t57?,58-,59-,60-,61-,62-,63-,64-/m0/s1. The van der Waals surface area contributed by atoms with E-state index in [-0.39, 0.29) is 88.6 Å². The molecule has 1 rings (SSSR count). The van der Waals surface area contributed by atoms with E-state index in [2.05, 4.69) is 35.7 Å². The molecule has 0 saturated carbocycles. The summed E-state index contributed by atoms with van der Waals surface area (Å²) in [7, 11) is 9.92. The summed E-state index contributed by atoms with van der Waals surface area (Å²) >= 11 is 0. The molecular weight excluding hydrogens is 1320 g/mol. The van der Waals surface area contributed by atoms with Gasteiger partial charge in [0.1, 0.15) is 48.3 Å². The van der Waals surface area contributed by atoms with Crippen LogP contribution >= 0.6 is 0 Å². The number of hydrogen-bond donors (Lipinski definition) is 4. The molecule has 0 spiro atoms. The average Bonchev–Trinajstić information content (AvgIpc) is 0.827. The SMILES string of the molecule is C=C/C=C\C=C\COC[C@H](NC(=O)[C@H](C/C=C/C=C\C=C)N(C)C(=O)CN(C)C(=O)CC(NC(=O)[C@H](CC(C)C)N(C)C(=O)[C@H](COC(C)(C)C)NC(=O)[C@H](CC(C)C)N(C)C(=O)[C@H](C/C=C/C=C\C=C)N(C)C(=O)CN(C)C(=O)CCC)C(=O)N1CCCCC1)C(=O)N(C)[C@@H](CC(C)C)C(N)=O. The van der Waals surface area contributed by atoms with Gasteiger partial charge in [-0.1, -0.05) is 159 Å². The fourth-order valence-electron chi connectivity index (χ4n) is 11.0. The Kier molecular flexibility index (Phi) is 43.2. The molecular formula is C77H124N12O14. The van der Waals surface area contributed by atoms with Crippen molar-refractivity contribution in [2.24, 2.45) is 23.5 Å². The zero-order valence-electron chi connectivity index (χ0n) is 64.7. The van der Waals surface area contributed by atoms with Crippen LogP contribution in [0.2, 0.25) is 0 Å². The number of likely N-dealkylation sites (N-methyl/N-ethyl adjacent to an activating group) is 7. The van der Waals surface area contributed by atoms with Gasteiger partial charge in [-0.3, -0.25) is 57.5 Å². The number of nitrogens with one attached hydrogen (secondary N) is 3. The third kappa shape index (κ3) is 33.9. The molecule has 0 bridgehead atoms. The zero-order valence-corrected chi connectivity index (χ0v) is 64.7. The predicted octanol–water partition coefficient (Wildman–Crippen LogP) is 5.83. The Morgan fingerprint density at radius 2 is 0.874 bits per heavy atom. The molecule has 1 aliphatic rings. The van der Waals surface area contributed by atoms with Crippen LogP contribution in [0.5, 0.6) is 0 Å². The maximum atomic E-state index is 15.2. The first-order valence-electron chi connectivity index (χ1n) is 35.7. The number of primary amides is 1. The molecule has 0 aliphatic carbocycles. The number of rotatable bonds is 46. The minimum Gasteiger partial charge on any atom is -0.375 e. The molecule has 5 N–H and O–H groups in total. The van der Waals surface area contributed by atoms with E-state index in [1.54, 1.807) is 117 Å². The number of piperidine rings is 1. The van der Waals surface area contributed by atoms with Crippen molar-refractivity contribution in [2.75, 3.05) is 95.3 Å². The number of ether oxygens (including phenoxy) is 2. The molecule has 1 aliphatic heterocycles. The fourth-order valence-corrected chi connectivity index (χ4v) is 11.0. The van der Waals surface area contributed by atoms with Gasteiger partial charge in [0.15, 0.2) is 0 Å². The average molecular weight is 1440 g/mol. The van der Waals surface area contributed by atoms with Gasteiger partial charge in [-0.2, -0.15) is 0 Å². The lowest BCUT2D eigenvalue weighted by Crippen LogP contribution is -2.61. The summed E-state index contributed by atoms with van der Waals surface area (Å²) in [5, 5.41) is 8.41. The fraction of sp³-hybridized carbons (Fsp3) is 0.610. The van der Waals surface area contributed by atoms with Crippen LogP contribution in [0, 0.1) is 17.8 Å². The van der Waals surface area contributed by atoms with Crippen LogP contribution in [-0.2, 0) is 67.0 Å². The maximum Gasteiger partial charge on any atom is 0.247 e. The number of allylic oxidation sites excluding steroid dienone is 12. The molecule has 12 amide bonds. The van der Waals surface area contributed by atoms with E-state index in [1.165, 1.54) is 73.8 Å². The Labute approximate surface area is 613 Å². The van der Waals surface area contributed by atoms with E-state index in [0.717, 1.165) is 16.2 Å². The summed E-state index contributed by atoms with van der Waals surface area (Å²) in [6.07, 6.45) is 27.6. The highest BCUT2D eigenvalue weighted by Crippen LogP contribution is 2.21. The quantitative estimate of drug-likeness (QED) is 0.0412. The lowest BCUT2D eigenvalue weighted by Gasteiger charge is -2.37. The lowest BCUT2D eigenvalue weighted by molar-refractivity contribution is -0.150. The van der Waals surface area contributed by atoms with Crippen molar-refractivity contribution in [3.63, 3.8) is 0 Å². The van der Waals surface area contributed by atoms with E-state index >= 15 is 9.59 Å². The Morgan fingerprint density at radius 1 is 0.476 bits per heavy atom. The van der Waals surface area contributed by atoms with Crippen molar-refractivity contribution >= 4 is 70.9 Å². The van der Waals surface area contributed by atoms with Gasteiger partial charge in [0, 0.05) is 68.8 Å². The molecule has 26 heteroatoms. The molecule has 1 unspecified atom stereocenters. The highest BCUT2D eigenvalue weighted by molar-refractivity contribution is 5.99. The minimum atomic E-state index is -1.51. The smallest absolute Gasteiger partial charge is 0.247 e. The van der Waals surface area contributed by atoms with Crippen molar-refractivity contribution in [3.8, 4) is 0 Å². The summed E-state index contributed by atoms with van der Waals surface area (Å²) in [5.74, 6) is -8.32. The molecule has 1 saturated heterocycles. The van der Waals surface area contributed by atoms with E-state index in [1.807, 2.05) is 48.5 Å². The van der Waals surface area contributed by atoms with Crippen LogP contribution in [0.3, 0.4) is 0 Å².